The van der Waals surface area contributed by atoms with Crippen molar-refractivity contribution in [2.24, 2.45) is 0 Å². The molecule has 8 nitrogen and oxygen atoms in total. The summed E-state index contributed by atoms with van der Waals surface area (Å²) in [5.41, 5.74) is 1.44. The van der Waals surface area contributed by atoms with Crippen molar-refractivity contribution in [2.75, 3.05) is 20.3 Å². The maximum absolute atomic E-state index is 12.7. The number of methoxy groups -OCH3 is 1. The predicted molar refractivity (Wildman–Crippen MR) is 154 cm³/mol. The lowest BCUT2D eigenvalue weighted by atomic mass is 10.2. The number of carbonyl (C=O) groups excluding carboxylic acids is 3. The third kappa shape index (κ3) is 11.2. The molecule has 0 saturated heterocycles. The molecule has 1 atom stereocenters. The van der Waals surface area contributed by atoms with Crippen molar-refractivity contribution in [3.8, 4) is 17.2 Å². The minimum atomic E-state index is -0.542. The van der Waals surface area contributed by atoms with Crippen molar-refractivity contribution in [3.63, 3.8) is 0 Å². The van der Waals surface area contributed by atoms with Crippen LogP contribution in [0.4, 0.5) is 0 Å². The zero-order valence-corrected chi connectivity index (χ0v) is 23.5. The summed E-state index contributed by atoms with van der Waals surface area (Å²) in [6.45, 7) is 11.6. The summed E-state index contributed by atoms with van der Waals surface area (Å²) in [5.74, 6) is -0.134. The Morgan fingerprint density at radius 2 is 1.65 bits per heavy atom. The minimum absolute atomic E-state index is 0.250. The Kier molecular flexibility index (Phi) is 13.8. The molecule has 0 amide bonds. The number of rotatable bonds is 17. The van der Waals surface area contributed by atoms with E-state index in [-0.39, 0.29) is 17.8 Å². The molecule has 40 heavy (non-hydrogen) atoms. The van der Waals surface area contributed by atoms with Gasteiger partial charge in [0.15, 0.2) is 11.5 Å². The summed E-state index contributed by atoms with van der Waals surface area (Å²) in [6, 6.07) is 11.7. The molecule has 8 heteroatoms. The molecule has 0 aliphatic carbocycles. The van der Waals surface area contributed by atoms with Crippen LogP contribution in [-0.4, -0.2) is 44.3 Å². The molecule has 0 spiro atoms. The summed E-state index contributed by atoms with van der Waals surface area (Å²) in [5, 5.41) is 0. The monoisotopic (exact) mass is 550 g/mol. The quantitative estimate of drug-likeness (QED) is 0.0724. The van der Waals surface area contributed by atoms with Crippen LogP contribution in [0.25, 0.3) is 6.08 Å². The minimum Gasteiger partial charge on any atom is -0.494 e. The molecule has 0 radical (unpaired) electrons. The van der Waals surface area contributed by atoms with Crippen molar-refractivity contribution in [1.82, 2.24) is 0 Å². The molecule has 2 rings (SSSR count). The Morgan fingerprint density at radius 1 is 0.950 bits per heavy atom. The molecule has 0 aliphatic rings. The molecule has 0 aliphatic heterocycles. The molecule has 0 N–H and O–H groups in total. The SMILES string of the molecule is C=CC(CC)OC(=O)C=Cc1ccc(OC(=O)c2ccc(OCCCCCCOC(=O)C(=C)C)cc2)c(OC)c1. The molecule has 0 heterocycles. The van der Waals surface area contributed by atoms with Gasteiger partial charge in [-0.05, 0) is 87.1 Å². The van der Waals surface area contributed by atoms with Crippen molar-refractivity contribution in [2.45, 2.75) is 52.1 Å². The number of hydrogen-bond donors (Lipinski definition) is 0. The predicted octanol–water partition coefficient (Wildman–Crippen LogP) is 6.49. The first-order chi connectivity index (χ1) is 19.3. The Labute approximate surface area is 236 Å². The molecule has 2 aromatic carbocycles. The van der Waals surface area contributed by atoms with E-state index < -0.39 is 11.9 Å². The third-order valence-electron chi connectivity index (χ3n) is 5.71. The summed E-state index contributed by atoms with van der Waals surface area (Å²) in [7, 11) is 1.47. The molecule has 0 fully saturated rings. The number of esters is 3. The summed E-state index contributed by atoms with van der Waals surface area (Å²) < 4.78 is 27.0. The molecule has 0 saturated carbocycles. The van der Waals surface area contributed by atoms with Crippen LogP contribution >= 0.6 is 0 Å². The Hall–Kier alpha value is -4.33. The number of carbonyl (C=O) groups is 3. The molecular weight excluding hydrogens is 512 g/mol. The zero-order chi connectivity index (χ0) is 29.3. The largest absolute Gasteiger partial charge is 0.494 e. The highest BCUT2D eigenvalue weighted by molar-refractivity contribution is 5.91. The highest BCUT2D eigenvalue weighted by Crippen LogP contribution is 2.29. The highest BCUT2D eigenvalue weighted by atomic mass is 16.6. The molecule has 1 unspecified atom stereocenters. The van der Waals surface area contributed by atoms with E-state index >= 15 is 0 Å². The van der Waals surface area contributed by atoms with Crippen LogP contribution in [-0.2, 0) is 19.1 Å². The van der Waals surface area contributed by atoms with Crippen molar-refractivity contribution in [1.29, 1.82) is 0 Å². The van der Waals surface area contributed by atoms with E-state index in [4.69, 9.17) is 23.7 Å². The molecule has 214 valence electrons. The smallest absolute Gasteiger partial charge is 0.343 e. The fourth-order valence-electron chi connectivity index (χ4n) is 3.40. The van der Waals surface area contributed by atoms with Gasteiger partial charge in [0.1, 0.15) is 11.9 Å². The Bertz CT molecular complexity index is 1180. The van der Waals surface area contributed by atoms with E-state index in [2.05, 4.69) is 13.2 Å². The Balaban J connectivity index is 1.81. The van der Waals surface area contributed by atoms with Gasteiger partial charge in [-0.2, -0.15) is 0 Å². The second-order valence-electron chi connectivity index (χ2n) is 8.96. The zero-order valence-electron chi connectivity index (χ0n) is 23.5. The van der Waals surface area contributed by atoms with Gasteiger partial charge in [0.2, 0.25) is 0 Å². The van der Waals surface area contributed by atoms with Crippen LogP contribution in [0.5, 0.6) is 17.2 Å². The van der Waals surface area contributed by atoms with Gasteiger partial charge in [-0.3, -0.25) is 0 Å². The van der Waals surface area contributed by atoms with E-state index in [0.29, 0.717) is 47.8 Å². The number of hydrogen-bond acceptors (Lipinski definition) is 8. The van der Waals surface area contributed by atoms with Crippen LogP contribution in [0, 0.1) is 0 Å². The maximum Gasteiger partial charge on any atom is 0.343 e. The Morgan fingerprint density at radius 3 is 2.27 bits per heavy atom. The van der Waals surface area contributed by atoms with Gasteiger partial charge in [-0.1, -0.05) is 32.2 Å². The van der Waals surface area contributed by atoms with E-state index in [9.17, 15) is 14.4 Å². The summed E-state index contributed by atoms with van der Waals surface area (Å²) in [6.07, 6.45) is 8.33. The summed E-state index contributed by atoms with van der Waals surface area (Å²) >= 11 is 0. The first-order valence-electron chi connectivity index (χ1n) is 13.2. The first-order valence-corrected chi connectivity index (χ1v) is 13.2. The fraction of sp³-hybridized carbons (Fsp3) is 0.344. The van der Waals surface area contributed by atoms with Gasteiger partial charge < -0.3 is 23.7 Å². The average molecular weight is 551 g/mol. The van der Waals surface area contributed by atoms with Crippen LogP contribution in [0.2, 0.25) is 0 Å². The maximum atomic E-state index is 12.7. The van der Waals surface area contributed by atoms with Gasteiger partial charge in [0.25, 0.3) is 0 Å². The van der Waals surface area contributed by atoms with E-state index in [1.807, 2.05) is 6.92 Å². The number of ether oxygens (including phenoxy) is 5. The molecule has 2 aromatic rings. The number of benzene rings is 2. The van der Waals surface area contributed by atoms with Crippen LogP contribution in [0.1, 0.15) is 61.9 Å². The van der Waals surface area contributed by atoms with Gasteiger partial charge in [-0.15, -0.1) is 0 Å². The van der Waals surface area contributed by atoms with Crippen LogP contribution < -0.4 is 14.2 Å². The lowest BCUT2D eigenvalue weighted by molar-refractivity contribution is -0.141. The summed E-state index contributed by atoms with van der Waals surface area (Å²) in [4.78, 5) is 36.0. The van der Waals surface area contributed by atoms with Crippen molar-refractivity contribution in [3.05, 3.63) is 84.5 Å². The third-order valence-corrected chi connectivity index (χ3v) is 5.71. The van der Waals surface area contributed by atoms with Gasteiger partial charge in [0, 0.05) is 11.6 Å². The van der Waals surface area contributed by atoms with Crippen LogP contribution in [0.15, 0.2) is 73.3 Å². The molecular formula is C32H38O8. The first kappa shape index (κ1) is 31.9. The molecule has 0 bridgehead atoms. The standard InChI is InChI=1S/C32H38O8/c1-6-26(7-2)39-30(33)19-13-24-12-18-28(29(22-24)36-5)40-32(35)25-14-16-27(17-15-25)37-20-10-8-9-11-21-38-31(34)23(3)4/h6,12-19,22,26H,1,3,7-11,20-21H2,2,4-5H3. The average Bonchev–Trinajstić information content (AvgIpc) is 2.96. The van der Waals surface area contributed by atoms with Gasteiger partial charge in [0.05, 0.1) is 25.9 Å². The van der Waals surface area contributed by atoms with E-state index in [1.54, 1.807) is 61.5 Å². The lowest BCUT2D eigenvalue weighted by Crippen LogP contribution is -2.12. The van der Waals surface area contributed by atoms with Crippen LogP contribution in [0.3, 0.4) is 0 Å². The van der Waals surface area contributed by atoms with Crippen molar-refractivity contribution < 1.29 is 38.1 Å². The normalized spacial score (nSPS) is 11.4. The fourth-order valence-corrected chi connectivity index (χ4v) is 3.40. The second kappa shape index (κ2) is 17.3. The highest BCUT2D eigenvalue weighted by Gasteiger charge is 2.13. The van der Waals surface area contributed by atoms with Gasteiger partial charge in [-0.25, -0.2) is 14.4 Å². The van der Waals surface area contributed by atoms with Crippen molar-refractivity contribution >= 4 is 24.0 Å². The lowest BCUT2D eigenvalue weighted by Gasteiger charge is -2.11. The second-order valence-corrected chi connectivity index (χ2v) is 8.96. The number of unbranched alkanes of at least 4 members (excludes halogenated alkanes) is 3. The van der Waals surface area contributed by atoms with Gasteiger partial charge >= 0.3 is 17.9 Å². The molecule has 0 aromatic heterocycles. The van der Waals surface area contributed by atoms with E-state index in [0.717, 1.165) is 25.7 Å². The van der Waals surface area contributed by atoms with E-state index in [1.165, 1.54) is 13.2 Å². The topological polar surface area (TPSA) is 97.4 Å².